The monoisotopic (exact) mass is 250 g/mol. The minimum absolute atomic E-state index is 0.263. The highest BCUT2D eigenvalue weighted by atomic mass is 32.1. The molecule has 0 aliphatic rings. The first kappa shape index (κ1) is 12.3. The van der Waals surface area contributed by atoms with E-state index in [1.807, 2.05) is 30.9 Å². The molecule has 17 heavy (non-hydrogen) atoms. The molecule has 0 fully saturated rings. The molecule has 4 nitrogen and oxygen atoms in total. The van der Waals surface area contributed by atoms with E-state index in [9.17, 15) is 0 Å². The first-order valence-corrected chi connectivity index (χ1v) is 6.62. The van der Waals surface area contributed by atoms with Crippen molar-refractivity contribution in [2.75, 3.05) is 0 Å². The number of nitrogens with zero attached hydrogens (tertiary/aromatic N) is 3. The van der Waals surface area contributed by atoms with E-state index in [-0.39, 0.29) is 12.1 Å². The summed E-state index contributed by atoms with van der Waals surface area (Å²) in [5, 5.41) is 10.9. The number of aryl methyl sites for hydroxylation is 2. The summed E-state index contributed by atoms with van der Waals surface area (Å²) in [5.41, 5.74) is 2.27. The Hall–Kier alpha value is -1.20. The van der Waals surface area contributed by atoms with Crippen molar-refractivity contribution in [1.82, 2.24) is 20.1 Å². The first-order valence-electron chi connectivity index (χ1n) is 5.74. The highest BCUT2D eigenvalue weighted by Gasteiger charge is 2.15. The van der Waals surface area contributed by atoms with Gasteiger partial charge in [-0.1, -0.05) is 0 Å². The largest absolute Gasteiger partial charge is 0.300 e. The summed E-state index contributed by atoms with van der Waals surface area (Å²) in [6, 6.07) is 2.57. The normalized spacial score (nSPS) is 14.8. The van der Waals surface area contributed by atoms with E-state index in [1.165, 1.54) is 5.69 Å². The van der Waals surface area contributed by atoms with Gasteiger partial charge in [-0.2, -0.15) is 5.10 Å². The maximum atomic E-state index is 4.50. The number of aromatic nitrogens is 3. The molecule has 2 unspecified atom stereocenters. The molecule has 2 rings (SSSR count). The molecule has 2 heterocycles. The summed E-state index contributed by atoms with van der Waals surface area (Å²) >= 11 is 1.71. The molecule has 2 atom stereocenters. The molecule has 0 bridgehead atoms. The third-order valence-electron chi connectivity index (χ3n) is 2.81. The van der Waals surface area contributed by atoms with Crippen molar-refractivity contribution in [3.05, 3.63) is 34.0 Å². The lowest BCUT2D eigenvalue weighted by molar-refractivity contribution is 0.468. The van der Waals surface area contributed by atoms with Crippen LogP contribution < -0.4 is 5.32 Å². The van der Waals surface area contributed by atoms with Gasteiger partial charge in [0.25, 0.3) is 0 Å². The molecule has 0 saturated heterocycles. The second-order valence-electron chi connectivity index (χ2n) is 4.32. The zero-order chi connectivity index (χ0) is 12.4. The van der Waals surface area contributed by atoms with E-state index in [2.05, 4.69) is 34.6 Å². The van der Waals surface area contributed by atoms with Crippen molar-refractivity contribution in [2.24, 2.45) is 7.05 Å². The lowest BCUT2D eigenvalue weighted by Gasteiger charge is -2.18. The standard InChI is InChI=1S/C12H18N4S/c1-8-7-17-12(14-8)10(3)15-9(2)11-5-6-13-16(11)4/h5-7,9-10,15H,1-4H3. The summed E-state index contributed by atoms with van der Waals surface area (Å²) in [4.78, 5) is 4.50. The van der Waals surface area contributed by atoms with E-state index < -0.39 is 0 Å². The highest BCUT2D eigenvalue weighted by molar-refractivity contribution is 7.09. The van der Waals surface area contributed by atoms with E-state index >= 15 is 0 Å². The van der Waals surface area contributed by atoms with Crippen LogP contribution in [0.2, 0.25) is 0 Å². The van der Waals surface area contributed by atoms with Gasteiger partial charge in [-0.25, -0.2) is 4.98 Å². The number of thiazole rings is 1. The fourth-order valence-electron chi connectivity index (χ4n) is 1.91. The zero-order valence-electron chi connectivity index (χ0n) is 10.6. The van der Waals surface area contributed by atoms with Crippen molar-refractivity contribution in [3.8, 4) is 0 Å². The summed E-state index contributed by atoms with van der Waals surface area (Å²) < 4.78 is 1.90. The van der Waals surface area contributed by atoms with Crippen molar-refractivity contribution >= 4 is 11.3 Å². The molecule has 0 spiro atoms. The highest BCUT2D eigenvalue weighted by Crippen LogP contribution is 2.21. The van der Waals surface area contributed by atoms with Crippen LogP contribution in [0.3, 0.4) is 0 Å². The zero-order valence-corrected chi connectivity index (χ0v) is 11.5. The number of hydrogen-bond acceptors (Lipinski definition) is 4. The Labute approximate surface area is 106 Å². The molecule has 2 aromatic heterocycles. The van der Waals surface area contributed by atoms with Crippen LogP contribution in [0.5, 0.6) is 0 Å². The van der Waals surface area contributed by atoms with Crippen LogP contribution in [-0.4, -0.2) is 14.8 Å². The van der Waals surface area contributed by atoms with Gasteiger partial charge in [0.15, 0.2) is 0 Å². The second kappa shape index (κ2) is 4.98. The van der Waals surface area contributed by atoms with Gasteiger partial charge >= 0.3 is 0 Å². The lowest BCUT2D eigenvalue weighted by atomic mass is 10.2. The van der Waals surface area contributed by atoms with Gasteiger partial charge in [0.1, 0.15) is 5.01 Å². The lowest BCUT2D eigenvalue weighted by Crippen LogP contribution is -2.24. The van der Waals surface area contributed by atoms with Gasteiger partial charge in [0.2, 0.25) is 0 Å². The molecule has 0 saturated carbocycles. The van der Waals surface area contributed by atoms with Crippen LogP contribution in [0.15, 0.2) is 17.6 Å². The SMILES string of the molecule is Cc1csc(C(C)NC(C)c2ccnn2C)n1. The molecular weight excluding hydrogens is 232 g/mol. The Morgan fingerprint density at radius 1 is 1.35 bits per heavy atom. The van der Waals surface area contributed by atoms with Crippen molar-refractivity contribution < 1.29 is 0 Å². The maximum Gasteiger partial charge on any atom is 0.110 e. The van der Waals surface area contributed by atoms with E-state index in [1.54, 1.807) is 11.3 Å². The van der Waals surface area contributed by atoms with Crippen LogP contribution in [0.4, 0.5) is 0 Å². The van der Waals surface area contributed by atoms with Gasteiger partial charge in [0.05, 0.1) is 11.7 Å². The Bertz CT molecular complexity index is 488. The van der Waals surface area contributed by atoms with Gasteiger partial charge < -0.3 is 5.32 Å². The molecule has 0 radical (unpaired) electrons. The molecule has 5 heteroatoms. The number of hydrogen-bond donors (Lipinski definition) is 1. The molecule has 2 aromatic rings. The smallest absolute Gasteiger partial charge is 0.110 e. The Balaban J connectivity index is 2.04. The number of nitrogens with one attached hydrogen (secondary N) is 1. The Morgan fingerprint density at radius 2 is 2.12 bits per heavy atom. The average molecular weight is 250 g/mol. The van der Waals surface area contributed by atoms with Crippen LogP contribution in [0.1, 0.15) is 42.3 Å². The summed E-state index contributed by atoms with van der Waals surface area (Å²) in [5.74, 6) is 0. The van der Waals surface area contributed by atoms with Gasteiger partial charge in [0, 0.05) is 30.4 Å². The van der Waals surface area contributed by atoms with Crippen molar-refractivity contribution in [2.45, 2.75) is 32.9 Å². The van der Waals surface area contributed by atoms with Crippen molar-refractivity contribution in [1.29, 1.82) is 0 Å². The molecule has 1 N–H and O–H groups in total. The van der Waals surface area contributed by atoms with Crippen LogP contribution in [0.25, 0.3) is 0 Å². The summed E-state index contributed by atoms with van der Waals surface area (Å²) in [6.07, 6.45) is 1.83. The predicted molar refractivity (Wildman–Crippen MR) is 70.0 cm³/mol. The molecule has 0 aliphatic heterocycles. The van der Waals surface area contributed by atoms with Crippen LogP contribution >= 0.6 is 11.3 Å². The fraction of sp³-hybridized carbons (Fsp3) is 0.500. The summed E-state index contributed by atoms with van der Waals surface area (Å²) in [7, 11) is 1.96. The van der Waals surface area contributed by atoms with E-state index in [0.29, 0.717) is 0 Å². The Kier molecular flexibility index (Phi) is 3.59. The van der Waals surface area contributed by atoms with Crippen LogP contribution in [0, 0.1) is 6.92 Å². The quantitative estimate of drug-likeness (QED) is 0.907. The predicted octanol–water partition coefficient (Wildman–Crippen LogP) is 2.60. The fourth-order valence-corrected chi connectivity index (χ4v) is 2.72. The minimum Gasteiger partial charge on any atom is -0.300 e. The third-order valence-corrected chi connectivity index (χ3v) is 3.95. The van der Waals surface area contributed by atoms with E-state index in [4.69, 9.17) is 0 Å². The third kappa shape index (κ3) is 2.73. The minimum atomic E-state index is 0.263. The van der Waals surface area contributed by atoms with Gasteiger partial charge in [-0.3, -0.25) is 4.68 Å². The summed E-state index contributed by atoms with van der Waals surface area (Å²) in [6.45, 7) is 6.32. The molecule has 0 amide bonds. The Morgan fingerprint density at radius 3 is 2.65 bits per heavy atom. The second-order valence-corrected chi connectivity index (χ2v) is 5.21. The molecule has 0 aliphatic carbocycles. The van der Waals surface area contributed by atoms with Crippen LogP contribution in [-0.2, 0) is 7.05 Å². The topological polar surface area (TPSA) is 42.7 Å². The van der Waals surface area contributed by atoms with Gasteiger partial charge in [-0.15, -0.1) is 11.3 Å². The average Bonchev–Trinajstić information content (AvgIpc) is 2.86. The maximum absolute atomic E-state index is 4.50. The van der Waals surface area contributed by atoms with E-state index in [0.717, 1.165) is 10.7 Å². The van der Waals surface area contributed by atoms with Crippen molar-refractivity contribution in [3.63, 3.8) is 0 Å². The first-order chi connectivity index (χ1) is 8.08. The number of rotatable bonds is 4. The molecular formula is C12H18N4S. The molecule has 92 valence electrons. The van der Waals surface area contributed by atoms with Gasteiger partial charge in [-0.05, 0) is 26.8 Å². The molecule has 0 aromatic carbocycles.